The van der Waals surface area contributed by atoms with Gasteiger partial charge in [0.2, 0.25) is 0 Å². The van der Waals surface area contributed by atoms with Crippen LogP contribution in [0.3, 0.4) is 0 Å². The molecule has 0 radical (unpaired) electrons. The van der Waals surface area contributed by atoms with Gasteiger partial charge in [-0.25, -0.2) is 0 Å². The Morgan fingerprint density at radius 2 is 2.19 bits per heavy atom. The Labute approximate surface area is 102 Å². The first-order chi connectivity index (χ1) is 7.68. The number of nitrogens with zero attached hydrogens (tertiary/aromatic N) is 1. The Morgan fingerprint density at radius 3 is 2.75 bits per heavy atom. The maximum absolute atomic E-state index is 10.7. The quantitative estimate of drug-likeness (QED) is 0.608. The van der Waals surface area contributed by atoms with Gasteiger partial charge in [-0.1, -0.05) is 30.4 Å². The van der Waals surface area contributed by atoms with Crippen LogP contribution in [0.5, 0.6) is 0 Å². The van der Waals surface area contributed by atoms with Crippen molar-refractivity contribution < 1.29 is 4.92 Å². The molecule has 0 saturated carbocycles. The summed E-state index contributed by atoms with van der Waals surface area (Å²) in [7, 11) is 0. The molecule has 4 heteroatoms. The summed E-state index contributed by atoms with van der Waals surface area (Å²) in [5, 5.41) is 10.7. The minimum atomic E-state index is -0.384. The van der Waals surface area contributed by atoms with Crippen LogP contribution < -0.4 is 0 Å². The van der Waals surface area contributed by atoms with Crippen molar-refractivity contribution in [2.45, 2.75) is 12.3 Å². The molecule has 1 atom stereocenters. The van der Waals surface area contributed by atoms with E-state index in [0.717, 1.165) is 12.0 Å². The minimum absolute atomic E-state index is 0.110. The van der Waals surface area contributed by atoms with Gasteiger partial charge in [0.05, 0.1) is 9.40 Å². The fraction of sp³-hybridized carbons (Fsp3) is 0.167. The lowest BCUT2D eigenvalue weighted by atomic mass is 9.92. The van der Waals surface area contributed by atoms with Gasteiger partial charge in [-0.2, -0.15) is 0 Å². The zero-order valence-corrected chi connectivity index (χ0v) is 10.1. The van der Waals surface area contributed by atoms with E-state index in [9.17, 15) is 10.1 Å². The predicted molar refractivity (Wildman–Crippen MR) is 66.4 cm³/mol. The maximum Gasteiger partial charge on any atom is 0.283 e. The standard InChI is InChI=1S/C12H10BrNO2/c13-11-8-10(6-7-12(11)14(15)16)9-4-2-1-3-5-9/h1-4,6-9H,5H2. The molecule has 0 bridgehead atoms. The van der Waals surface area contributed by atoms with Crippen LogP contribution in [0.4, 0.5) is 5.69 Å². The molecule has 1 unspecified atom stereocenters. The zero-order chi connectivity index (χ0) is 11.5. The van der Waals surface area contributed by atoms with Crippen LogP contribution in [-0.4, -0.2) is 4.92 Å². The van der Waals surface area contributed by atoms with Crippen molar-refractivity contribution in [2.75, 3.05) is 0 Å². The van der Waals surface area contributed by atoms with Gasteiger partial charge in [0.1, 0.15) is 0 Å². The fourth-order valence-corrected chi connectivity index (χ4v) is 2.27. The third kappa shape index (κ3) is 2.22. The van der Waals surface area contributed by atoms with Crippen molar-refractivity contribution in [2.24, 2.45) is 0 Å². The highest BCUT2D eigenvalue weighted by atomic mass is 79.9. The molecule has 1 aliphatic rings. The van der Waals surface area contributed by atoms with Crippen LogP contribution in [0, 0.1) is 10.1 Å². The van der Waals surface area contributed by atoms with Crippen LogP contribution in [0.2, 0.25) is 0 Å². The predicted octanol–water partition coefficient (Wildman–Crippen LogP) is 3.96. The summed E-state index contributed by atoms with van der Waals surface area (Å²) in [6.45, 7) is 0. The average Bonchev–Trinajstić information content (AvgIpc) is 2.29. The number of benzene rings is 1. The van der Waals surface area contributed by atoms with Crippen molar-refractivity contribution in [1.82, 2.24) is 0 Å². The van der Waals surface area contributed by atoms with Crippen LogP contribution >= 0.6 is 15.9 Å². The van der Waals surface area contributed by atoms with Crippen LogP contribution in [0.15, 0.2) is 47.0 Å². The van der Waals surface area contributed by atoms with Gasteiger partial charge < -0.3 is 0 Å². The Balaban J connectivity index is 2.31. The summed E-state index contributed by atoms with van der Waals surface area (Å²) >= 11 is 3.23. The molecular formula is C12H10BrNO2. The zero-order valence-electron chi connectivity index (χ0n) is 8.47. The SMILES string of the molecule is O=[N+]([O-])c1ccc(C2C=CC=CC2)cc1Br. The first-order valence-corrected chi connectivity index (χ1v) is 5.75. The molecule has 0 N–H and O–H groups in total. The van der Waals surface area contributed by atoms with Gasteiger partial charge in [-0.3, -0.25) is 10.1 Å². The fourth-order valence-electron chi connectivity index (χ4n) is 1.73. The Bertz CT molecular complexity index is 480. The van der Waals surface area contributed by atoms with E-state index in [4.69, 9.17) is 0 Å². The second-order valence-electron chi connectivity index (χ2n) is 3.62. The van der Waals surface area contributed by atoms with E-state index >= 15 is 0 Å². The molecule has 3 nitrogen and oxygen atoms in total. The molecule has 0 aromatic heterocycles. The normalized spacial score (nSPS) is 18.7. The maximum atomic E-state index is 10.7. The van der Waals surface area contributed by atoms with E-state index in [0.29, 0.717) is 10.4 Å². The Kier molecular flexibility index (Phi) is 3.19. The highest BCUT2D eigenvalue weighted by Gasteiger charge is 2.15. The second kappa shape index (κ2) is 4.61. The molecule has 0 spiro atoms. The van der Waals surface area contributed by atoms with Gasteiger partial charge in [0.25, 0.3) is 5.69 Å². The molecule has 1 aromatic carbocycles. The minimum Gasteiger partial charge on any atom is -0.258 e. The number of rotatable bonds is 2. The molecule has 0 fully saturated rings. The third-order valence-corrected chi connectivity index (χ3v) is 3.21. The van der Waals surface area contributed by atoms with Crippen LogP contribution in [0.25, 0.3) is 0 Å². The van der Waals surface area contributed by atoms with Crippen LogP contribution in [0.1, 0.15) is 17.9 Å². The van der Waals surface area contributed by atoms with E-state index in [2.05, 4.69) is 28.1 Å². The average molecular weight is 280 g/mol. The second-order valence-corrected chi connectivity index (χ2v) is 4.48. The summed E-state index contributed by atoms with van der Waals surface area (Å²) in [6, 6.07) is 5.19. The summed E-state index contributed by atoms with van der Waals surface area (Å²) in [6.07, 6.45) is 9.16. The van der Waals surface area contributed by atoms with Gasteiger partial charge in [-0.15, -0.1) is 0 Å². The van der Waals surface area contributed by atoms with Crippen molar-refractivity contribution in [3.05, 3.63) is 62.7 Å². The first-order valence-electron chi connectivity index (χ1n) is 4.95. The lowest BCUT2D eigenvalue weighted by molar-refractivity contribution is -0.385. The lowest BCUT2D eigenvalue weighted by Crippen LogP contribution is -1.97. The molecular weight excluding hydrogens is 270 g/mol. The highest BCUT2D eigenvalue weighted by Crippen LogP contribution is 2.31. The van der Waals surface area contributed by atoms with Crippen molar-refractivity contribution in [3.8, 4) is 0 Å². The number of halogens is 1. The monoisotopic (exact) mass is 279 g/mol. The number of hydrogen-bond acceptors (Lipinski definition) is 2. The van der Waals surface area contributed by atoms with Crippen LogP contribution in [-0.2, 0) is 0 Å². The number of hydrogen-bond donors (Lipinski definition) is 0. The van der Waals surface area contributed by atoms with Crippen molar-refractivity contribution in [1.29, 1.82) is 0 Å². The molecule has 0 aliphatic heterocycles. The molecule has 16 heavy (non-hydrogen) atoms. The summed E-state index contributed by atoms with van der Waals surface area (Å²) in [5.74, 6) is 0.321. The summed E-state index contributed by atoms with van der Waals surface area (Å²) in [5.41, 5.74) is 1.21. The highest BCUT2D eigenvalue weighted by molar-refractivity contribution is 9.10. The molecule has 0 amide bonds. The van der Waals surface area contributed by atoms with Gasteiger partial charge >= 0.3 is 0 Å². The third-order valence-electron chi connectivity index (χ3n) is 2.58. The summed E-state index contributed by atoms with van der Waals surface area (Å²) < 4.78 is 0.540. The van der Waals surface area contributed by atoms with Crippen molar-refractivity contribution in [3.63, 3.8) is 0 Å². The van der Waals surface area contributed by atoms with Gasteiger partial charge in [-0.05, 0) is 34.0 Å². The summed E-state index contributed by atoms with van der Waals surface area (Å²) in [4.78, 5) is 10.3. The molecule has 82 valence electrons. The van der Waals surface area contributed by atoms with E-state index in [1.807, 2.05) is 24.3 Å². The van der Waals surface area contributed by atoms with Gasteiger partial charge in [0, 0.05) is 12.0 Å². The smallest absolute Gasteiger partial charge is 0.258 e. The van der Waals surface area contributed by atoms with E-state index in [1.54, 1.807) is 6.07 Å². The van der Waals surface area contributed by atoms with E-state index in [1.165, 1.54) is 0 Å². The number of nitro groups is 1. The number of nitro benzene ring substituents is 1. The Morgan fingerprint density at radius 1 is 1.38 bits per heavy atom. The first kappa shape index (κ1) is 11.1. The van der Waals surface area contributed by atoms with Crippen molar-refractivity contribution >= 4 is 21.6 Å². The van der Waals surface area contributed by atoms with Gasteiger partial charge in [0.15, 0.2) is 0 Å². The molecule has 0 heterocycles. The van der Waals surface area contributed by atoms with E-state index < -0.39 is 0 Å². The molecule has 2 rings (SSSR count). The molecule has 1 aromatic rings. The topological polar surface area (TPSA) is 43.1 Å². The molecule has 0 saturated heterocycles. The Hall–Kier alpha value is -1.42. The number of allylic oxidation sites excluding steroid dienone is 4. The van der Waals surface area contributed by atoms with E-state index in [-0.39, 0.29) is 10.6 Å². The molecule has 1 aliphatic carbocycles. The largest absolute Gasteiger partial charge is 0.283 e. The lowest BCUT2D eigenvalue weighted by Gasteiger charge is -2.13.